The minimum absolute atomic E-state index is 0.0262. The number of carbonyl (C=O) groups is 1. The Morgan fingerprint density at radius 1 is 1.27 bits per heavy atom. The molecule has 116 valence electrons. The van der Waals surface area contributed by atoms with Crippen LogP contribution in [0.5, 0.6) is 0 Å². The molecule has 0 aliphatic rings. The summed E-state index contributed by atoms with van der Waals surface area (Å²) in [4.78, 5) is 16.4. The first-order valence-corrected chi connectivity index (χ1v) is 8.87. The Bertz CT molecular complexity index is 673. The number of carbonyl (C=O) groups excluding carboxylic acids is 1. The van der Waals surface area contributed by atoms with E-state index in [-0.39, 0.29) is 5.91 Å². The molecule has 0 aliphatic carbocycles. The molecule has 0 fully saturated rings. The molecule has 1 aromatic carbocycles. The number of unbranched alkanes of at least 4 members (excludes halogenated alkanes) is 2. The molecule has 1 amide bonds. The number of halogens is 2. The number of hydrogen-bond donors (Lipinski definition) is 1. The van der Waals surface area contributed by atoms with Gasteiger partial charge in [0.15, 0.2) is 0 Å². The summed E-state index contributed by atoms with van der Waals surface area (Å²) in [6, 6.07) is 7.80. The molecule has 0 unspecified atom stereocenters. The molecule has 0 aliphatic heterocycles. The predicted molar refractivity (Wildman–Crippen MR) is 101 cm³/mol. The fourth-order valence-corrected chi connectivity index (χ4v) is 2.91. The highest BCUT2D eigenvalue weighted by Gasteiger charge is 2.07. The van der Waals surface area contributed by atoms with Gasteiger partial charge in [0.2, 0.25) is 5.91 Å². The molecule has 0 bridgehead atoms. The van der Waals surface area contributed by atoms with E-state index in [0.29, 0.717) is 12.3 Å². The third-order valence-electron chi connectivity index (χ3n) is 3.21. The summed E-state index contributed by atoms with van der Waals surface area (Å²) < 4.78 is 1.12. The summed E-state index contributed by atoms with van der Waals surface area (Å²) in [7, 11) is 0. The number of rotatable bonds is 7. The normalized spacial score (nSPS) is 11.2. The third-order valence-corrected chi connectivity index (χ3v) is 4.42. The van der Waals surface area contributed by atoms with E-state index >= 15 is 0 Å². The molecule has 5 heteroatoms. The molecule has 1 N–H and O–H groups in total. The Balaban J connectivity index is 1.96. The van der Waals surface area contributed by atoms with Crippen LogP contribution in [0.2, 0.25) is 0 Å². The van der Waals surface area contributed by atoms with Crippen molar-refractivity contribution in [1.29, 1.82) is 0 Å². The number of allylic oxidation sites excluding steroid dienone is 1. The van der Waals surface area contributed by atoms with Crippen molar-refractivity contribution >= 4 is 56.7 Å². The number of anilines is 1. The molecule has 0 saturated carbocycles. The lowest BCUT2D eigenvalue weighted by Gasteiger charge is -2.08. The van der Waals surface area contributed by atoms with Crippen molar-refractivity contribution in [3.63, 3.8) is 0 Å². The topological polar surface area (TPSA) is 42.0 Å². The monoisotopic (exact) mass is 428 g/mol. The molecular weight excluding hydrogens is 411 g/mol. The van der Waals surface area contributed by atoms with E-state index in [1.165, 1.54) is 0 Å². The number of aromatic nitrogens is 1. The smallest absolute Gasteiger partial charge is 0.228 e. The summed E-state index contributed by atoms with van der Waals surface area (Å²) in [5.74, 6) is 0.669. The van der Waals surface area contributed by atoms with Crippen LogP contribution >= 0.6 is 34.2 Å². The van der Waals surface area contributed by atoms with Crippen LogP contribution in [0.25, 0.3) is 10.9 Å². The number of benzene rings is 1. The second-order valence-electron chi connectivity index (χ2n) is 4.90. The molecule has 3 nitrogen and oxygen atoms in total. The molecule has 1 aromatic heterocycles. The lowest BCUT2D eigenvalue weighted by Crippen LogP contribution is -2.10. The molecular formula is C17H18ClIN2O. The average Bonchev–Trinajstić information content (AvgIpc) is 2.54. The van der Waals surface area contributed by atoms with Crippen LogP contribution in [0, 0.1) is 3.57 Å². The third kappa shape index (κ3) is 4.95. The van der Waals surface area contributed by atoms with Crippen molar-refractivity contribution in [2.24, 2.45) is 0 Å². The van der Waals surface area contributed by atoms with Gasteiger partial charge in [-0.25, -0.2) is 0 Å². The lowest BCUT2D eigenvalue weighted by atomic mass is 10.2. The Kier molecular flexibility index (Phi) is 7.12. The highest BCUT2D eigenvalue weighted by atomic mass is 127. The summed E-state index contributed by atoms with van der Waals surface area (Å²) in [5.41, 5.74) is 1.59. The van der Waals surface area contributed by atoms with Crippen molar-refractivity contribution in [3.05, 3.63) is 46.2 Å². The molecule has 0 saturated heterocycles. The minimum Gasteiger partial charge on any atom is -0.324 e. The number of alkyl halides is 1. The van der Waals surface area contributed by atoms with Gasteiger partial charge >= 0.3 is 0 Å². The summed E-state index contributed by atoms with van der Waals surface area (Å²) in [5, 5.41) is 3.99. The number of hydrogen-bond acceptors (Lipinski definition) is 2. The van der Waals surface area contributed by atoms with Gasteiger partial charge in [0.25, 0.3) is 0 Å². The lowest BCUT2D eigenvalue weighted by molar-refractivity contribution is -0.115. The van der Waals surface area contributed by atoms with Gasteiger partial charge in [0.05, 0.1) is 11.2 Å². The fraction of sp³-hybridized carbons (Fsp3) is 0.294. The average molecular weight is 429 g/mol. The Labute approximate surface area is 149 Å². The first kappa shape index (κ1) is 17.2. The van der Waals surface area contributed by atoms with E-state index in [1.807, 2.05) is 36.4 Å². The van der Waals surface area contributed by atoms with E-state index in [4.69, 9.17) is 11.6 Å². The van der Waals surface area contributed by atoms with E-state index in [1.54, 1.807) is 6.20 Å². The van der Waals surface area contributed by atoms with E-state index < -0.39 is 0 Å². The predicted octanol–water partition coefficient (Wildman–Crippen LogP) is 5.13. The SMILES string of the molecule is O=C(C/C=C\CCCCCl)Nc1ccc(I)c2cccnc12. The summed E-state index contributed by atoms with van der Waals surface area (Å²) in [6.07, 6.45) is 9.11. The van der Waals surface area contributed by atoms with Crippen LogP contribution < -0.4 is 5.32 Å². The quantitative estimate of drug-likeness (QED) is 0.287. The van der Waals surface area contributed by atoms with Crippen LogP contribution in [-0.4, -0.2) is 16.8 Å². The second-order valence-corrected chi connectivity index (χ2v) is 6.44. The molecule has 0 spiro atoms. The zero-order valence-electron chi connectivity index (χ0n) is 12.2. The van der Waals surface area contributed by atoms with Gasteiger partial charge in [-0.05, 0) is 60.1 Å². The maximum Gasteiger partial charge on any atom is 0.228 e. The number of nitrogens with zero attached hydrogens (tertiary/aromatic N) is 1. The van der Waals surface area contributed by atoms with Gasteiger partial charge in [0.1, 0.15) is 0 Å². The van der Waals surface area contributed by atoms with Crippen LogP contribution in [0.15, 0.2) is 42.6 Å². The van der Waals surface area contributed by atoms with Crippen molar-refractivity contribution in [2.75, 3.05) is 11.2 Å². The molecule has 2 aromatic rings. The van der Waals surface area contributed by atoms with E-state index in [0.717, 1.165) is 39.4 Å². The Morgan fingerprint density at radius 3 is 2.95 bits per heavy atom. The Hall–Kier alpha value is -1.14. The van der Waals surface area contributed by atoms with Gasteiger partial charge in [-0.3, -0.25) is 9.78 Å². The second kappa shape index (κ2) is 9.10. The largest absolute Gasteiger partial charge is 0.324 e. The first-order chi connectivity index (χ1) is 10.7. The summed E-state index contributed by atoms with van der Waals surface area (Å²) in [6.45, 7) is 0. The highest BCUT2D eigenvalue weighted by molar-refractivity contribution is 14.1. The number of nitrogens with one attached hydrogen (secondary N) is 1. The number of pyridine rings is 1. The standard InChI is InChI=1S/C17H18ClIN2O/c18-11-5-3-1-2-4-8-16(22)21-15-10-9-14(19)13-7-6-12-20-17(13)15/h2,4,6-7,9-10,12H,1,3,5,8,11H2,(H,21,22)/b4-2-. The summed E-state index contributed by atoms with van der Waals surface area (Å²) >= 11 is 7.89. The fourth-order valence-electron chi connectivity index (χ4n) is 2.10. The van der Waals surface area contributed by atoms with Gasteiger partial charge in [0, 0.05) is 27.5 Å². The van der Waals surface area contributed by atoms with E-state index in [9.17, 15) is 4.79 Å². The molecule has 2 rings (SSSR count). The number of fused-ring (bicyclic) bond motifs is 1. The Morgan fingerprint density at radius 2 is 2.14 bits per heavy atom. The zero-order chi connectivity index (χ0) is 15.8. The molecule has 0 radical (unpaired) electrons. The van der Waals surface area contributed by atoms with Crippen LogP contribution in [0.3, 0.4) is 0 Å². The highest BCUT2D eigenvalue weighted by Crippen LogP contribution is 2.25. The van der Waals surface area contributed by atoms with Crippen molar-refractivity contribution in [1.82, 2.24) is 4.98 Å². The van der Waals surface area contributed by atoms with Crippen LogP contribution in [0.4, 0.5) is 5.69 Å². The zero-order valence-corrected chi connectivity index (χ0v) is 15.1. The van der Waals surface area contributed by atoms with Crippen molar-refractivity contribution in [3.8, 4) is 0 Å². The molecule has 1 heterocycles. The number of amides is 1. The van der Waals surface area contributed by atoms with Crippen molar-refractivity contribution in [2.45, 2.75) is 25.7 Å². The molecule has 22 heavy (non-hydrogen) atoms. The van der Waals surface area contributed by atoms with Gasteiger partial charge < -0.3 is 5.32 Å². The van der Waals surface area contributed by atoms with Gasteiger partial charge in [-0.1, -0.05) is 18.2 Å². The van der Waals surface area contributed by atoms with Crippen LogP contribution in [0.1, 0.15) is 25.7 Å². The van der Waals surface area contributed by atoms with E-state index in [2.05, 4.69) is 32.9 Å². The van der Waals surface area contributed by atoms with Crippen LogP contribution in [-0.2, 0) is 4.79 Å². The first-order valence-electron chi connectivity index (χ1n) is 7.26. The van der Waals surface area contributed by atoms with Crippen molar-refractivity contribution < 1.29 is 4.79 Å². The van der Waals surface area contributed by atoms with Gasteiger partial charge in [-0.2, -0.15) is 0 Å². The minimum atomic E-state index is -0.0262. The molecule has 0 atom stereocenters. The maximum absolute atomic E-state index is 12.0. The van der Waals surface area contributed by atoms with Gasteiger partial charge in [-0.15, -0.1) is 11.6 Å². The maximum atomic E-state index is 12.0.